The maximum absolute atomic E-state index is 15.8. The zero-order valence-corrected chi connectivity index (χ0v) is 34.7. The Kier molecular flexibility index (Phi) is 12.6. The van der Waals surface area contributed by atoms with Gasteiger partial charge in [-0.1, -0.05) is 30.7 Å². The Balaban J connectivity index is 0.995. The van der Waals surface area contributed by atoms with E-state index in [0.717, 1.165) is 11.0 Å². The largest absolute Gasteiger partial charge is 0.417 e. The standard InChI is InChI=1S/C45H45F4N7O7/c1-24-22-55(23-25(2)54(24)3)35-14-12-26(19-34(35)52-41(60)30-21-51-39(59)20-31(30)45(47,48)49)28-13-11-27(18-32(28)46)37(57)10-5-4-6-17-50-33-9-7-8-29-40(33)44(63)56(43(29)62)36-15-16-38(58)53-42(36)61/h7-9,11-14,18-21,24-25,36,50H,4-6,10,15-17,22-23H2,1-3H3,(H,51,59)(H,52,60)(H,53,58,61)/t24-,25+,36?. The number of hydrogen-bond donors (Lipinski definition) is 4. The van der Waals surface area contributed by atoms with Crippen molar-refractivity contribution >= 4 is 52.4 Å². The molecule has 0 bridgehead atoms. The number of hydrogen-bond acceptors (Lipinski definition) is 10. The van der Waals surface area contributed by atoms with Gasteiger partial charge in [-0.25, -0.2) is 4.39 Å². The first-order valence-corrected chi connectivity index (χ1v) is 20.6. The molecule has 330 valence electrons. The van der Waals surface area contributed by atoms with E-state index in [4.69, 9.17) is 0 Å². The summed E-state index contributed by atoms with van der Waals surface area (Å²) in [4.78, 5) is 96.1. The molecule has 7 rings (SSSR count). The van der Waals surface area contributed by atoms with Crippen molar-refractivity contribution < 1.29 is 46.3 Å². The Labute approximate surface area is 359 Å². The SMILES string of the molecule is C[C@@H]1CN(c2ccc(-c3ccc(C(=O)CCCCCNc4cccc5c4C(=O)N(C4CCC(=O)NC4=O)C5=O)cc3F)cc2NC(=O)c2c[nH]c(=O)cc2C(F)(F)F)C[C@H](C)N1C. The van der Waals surface area contributed by atoms with E-state index < -0.39 is 64.3 Å². The third kappa shape index (κ3) is 9.26. The molecule has 3 aromatic carbocycles. The number of aromatic nitrogens is 1. The van der Waals surface area contributed by atoms with Gasteiger partial charge in [0, 0.05) is 73.6 Å². The van der Waals surface area contributed by atoms with Crippen molar-refractivity contribution in [2.75, 3.05) is 42.2 Å². The van der Waals surface area contributed by atoms with Crippen LogP contribution in [-0.2, 0) is 15.8 Å². The van der Waals surface area contributed by atoms with Crippen molar-refractivity contribution in [3.63, 3.8) is 0 Å². The van der Waals surface area contributed by atoms with Crippen molar-refractivity contribution in [2.45, 2.75) is 76.7 Å². The normalized spacial score (nSPS) is 19.3. The Hall–Kier alpha value is -6.69. The minimum atomic E-state index is -4.99. The molecule has 3 aliphatic heterocycles. The second kappa shape index (κ2) is 18.0. The number of piperidine rings is 1. The number of nitrogens with zero attached hydrogens (tertiary/aromatic N) is 3. The molecule has 3 atom stereocenters. The van der Waals surface area contributed by atoms with Crippen molar-refractivity contribution in [3.05, 3.63) is 111 Å². The number of unbranched alkanes of at least 4 members (excludes halogenated alkanes) is 2. The van der Waals surface area contributed by atoms with E-state index in [1.807, 2.05) is 25.8 Å². The Bertz CT molecular complexity index is 2570. The Morgan fingerprint density at radius 3 is 2.30 bits per heavy atom. The number of H-pyrrole nitrogens is 1. The van der Waals surface area contributed by atoms with Gasteiger partial charge in [0.25, 0.3) is 17.7 Å². The van der Waals surface area contributed by atoms with Gasteiger partial charge in [-0.15, -0.1) is 0 Å². The number of likely N-dealkylation sites (N-methyl/N-ethyl adjacent to an activating group) is 1. The fourth-order valence-electron chi connectivity index (χ4n) is 8.30. The first-order chi connectivity index (χ1) is 29.9. The highest BCUT2D eigenvalue weighted by molar-refractivity contribution is 6.25. The van der Waals surface area contributed by atoms with Crippen molar-refractivity contribution in [1.29, 1.82) is 0 Å². The molecule has 0 aliphatic carbocycles. The van der Waals surface area contributed by atoms with Crippen LogP contribution in [0.2, 0.25) is 0 Å². The van der Waals surface area contributed by atoms with Crippen LogP contribution in [0.4, 0.5) is 34.6 Å². The molecule has 2 fully saturated rings. The van der Waals surface area contributed by atoms with Gasteiger partial charge in [0.2, 0.25) is 17.4 Å². The molecule has 14 nitrogen and oxygen atoms in total. The van der Waals surface area contributed by atoms with Crippen LogP contribution in [-0.4, -0.2) is 94.9 Å². The van der Waals surface area contributed by atoms with Crippen LogP contribution >= 0.6 is 0 Å². The maximum atomic E-state index is 15.8. The van der Waals surface area contributed by atoms with E-state index in [1.54, 1.807) is 24.3 Å². The summed E-state index contributed by atoms with van der Waals surface area (Å²) in [6, 6.07) is 13.0. The summed E-state index contributed by atoms with van der Waals surface area (Å²) in [6.07, 6.45) is -2.46. The minimum absolute atomic E-state index is 0.00987. The third-order valence-corrected chi connectivity index (χ3v) is 11.9. The van der Waals surface area contributed by atoms with Gasteiger partial charge in [-0.3, -0.25) is 48.7 Å². The topological polar surface area (TPSA) is 181 Å². The lowest BCUT2D eigenvalue weighted by molar-refractivity contribution is -0.138. The molecule has 63 heavy (non-hydrogen) atoms. The maximum Gasteiger partial charge on any atom is 0.417 e. The number of amides is 5. The van der Waals surface area contributed by atoms with E-state index >= 15 is 4.39 Å². The number of halogens is 4. The summed E-state index contributed by atoms with van der Waals surface area (Å²) in [5.41, 5.74) is -1.34. The highest BCUT2D eigenvalue weighted by atomic mass is 19.4. The van der Waals surface area contributed by atoms with Crippen molar-refractivity contribution in [3.8, 4) is 11.1 Å². The Morgan fingerprint density at radius 1 is 0.857 bits per heavy atom. The molecule has 4 aromatic rings. The average Bonchev–Trinajstić information content (AvgIpc) is 3.49. The zero-order chi connectivity index (χ0) is 45.3. The number of fused-ring (bicyclic) bond motifs is 1. The second-order valence-corrected chi connectivity index (χ2v) is 16.1. The molecule has 1 unspecified atom stereocenters. The summed E-state index contributed by atoms with van der Waals surface area (Å²) >= 11 is 0. The monoisotopic (exact) mass is 871 g/mol. The molecule has 0 spiro atoms. The number of aromatic amines is 1. The Morgan fingerprint density at radius 2 is 1.60 bits per heavy atom. The van der Waals surface area contributed by atoms with Crippen LogP contribution in [0.25, 0.3) is 11.1 Å². The van der Waals surface area contributed by atoms with E-state index in [-0.39, 0.29) is 65.1 Å². The van der Waals surface area contributed by atoms with Crippen LogP contribution in [0.3, 0.4) is 0 Å². The lowest BCUT2D eigenvalue weighted by atomic mass is 9.98. The number of pyridine rings is 1. The molecular weight excluding hydrogens is 827 g/mol. The summed E-state index contributed by atoms with van der Waals surface area (Å²) in [5.74, 6) is -4.54. The first-order valence-electron chi connectivity index (χ1n) is 20.6. The van der Waals surface area contributed by atoms with Gasteiger partial charge in [-0.05, 0) is 76.1 Å². The molecule has 4 N–H and O–H groups in total. The predicted octanol–water partition coefficient (Wildman–Crippen LogP) is 6.24. The second-order valence-electron chi connectivity index (χ2n) is 16.1. The summed E-state index contributed by atoms with van der Waals surface area (Å²) in [6.45, 7) is 5.50. The minimum Gasteiger partial charge on any atom is -0.384 e. The van der Waals surface area contributed by atoms with Gasteiger partial charge >= 0.3 is 6.18 Å². The number of anilines is 3. The third-order valence-electron chi connectivity index (χ3n) is 11.9. The van der Waals surface area contributed by atoms with Crippen LogP contribution in [0.1, 0.15) is 99.4 Å². The molecule has 0 radical (unpaired) electrons. The van der Waals surface area contributed by atoms with Gasteiger partial charge in [-0.2, -0.15) is 13.2 Å². The van der Waals surface area contributed by atoms with Gasteiger partial charge in [0.15, 0.2) is 5.78 Å². The number of imide groups is 2. The number of alkyl halides is 3. The van der Waals surface area contributed by atoms with Gasteiger partial charge < -0.3 is 20.5 Å². The van der Waals surface area contributed by atoms with Gasteiger partial charge in [0.1, 0.15) is 11.9 Å². The number of carbonyl (C=O) groups is 6. The van der Waals surface area contributed by atoms with Crippen LogP contribution in [0, 0.1) is 5.82 Å². The lowest BCUT2D eigenvalue weighted by Crippen LogP contribution is -2.55. The smallest absolute Gasteiger partial charge is 0.384 e. The molecule has 2 saturated heterocycles. The van der Waals surface area contributed by atoms with Crippen molar-refractivity contribution in [1.82, 2.24) is 20.1 Å². The summed E-state index contributed by atoms with van der Waals surface area (Å²) < 4.78 is 57.5. The van der Waals surface area contributed by atoms with Crippen LogP contribution in [0.5, 0.6) is 0 Å². The number of nitrogens with one attached hydrogen (secondary N) is 4. The number of piperazine rings is 1. The fourth-order valence-corrected chi connectivity index (χ4v) is 8.30. The predicted molar refractivity (Wildman–Crippen MR) is 225 cm³/mol. The molecule has 5 amide bonds. The van der Waals surface area contributed by atoms with E-state index in [1.165, 1.54) is 24.3 Å². The molecule has 18 heteroatoms. The van der Waals surface area contributed by atoms with Crippen molar-refractivity contribution in [2.24, 2.45) is 0 Å². The van der Waals surface area contributed by atoms with Crippen LogP contribution < -0.4 is 26.4 Å². The number of carbonyl (C=O) groups excluding carboxylic acids is 6. The molecule has 4 heterocycles. The fraction of sp³-hybridized carbons (Fsp3) is 0.356. The van der Waals surface area contributed by atoms with Gasteiger partial charge in [0.05, 0.1) is 33.6 Å². The van der Waals surface area contributed by atoms with E-state index in [0.29, 0.717) is 68.1 Å². The summed E-state index contributed by atoms with van der Waals surface area (Å²) in [5, 5.41) is 7.93. The number of Topliss-reactive ketones (excluding diaryl/α,β-unsaturated/α-hetero) is 1. The molecule has 1 aromatic heterocycles. The molecule has 0 saturated carbocycles. The first kappa shape index (κ1) is 44.4. The van der Waals surface area contributed by atoms with E-state index in [9.17, 15) is 46.7 Å². The average molecular weight is 872 g/mol. The highest BCUT2D eigenvalue weighted by Gasteiger charge is 2.45. The molecular formula is C45H45F4N7O7. The molecule has 3 aliphatic rings. The zero-order valence-electron chi connectivity index (χ0n) is 34.7. The lowest BCUT2D eigenvalue weighted by Gasteiger charge is -2.44. The quantitative estimate of drug-likeness (QED) is 0.0520. The number of benzene rings is 3. The van der Waals surface area contributed by atoms with Crippen LogP contribution in [0.15, 0.2) is 71.7 Å². The highest BCUT2D eigenvalue weighted by Crippen LogP contribution is 2.37. The number of ketones is 1. The summed E-state index contributed by atoms with van der Waals surface area (Å²) in [7, 11) is 1.98. The number of rotatable bonds is 13. The van der Waals surface area contributed by atoms with E-state index in [2.05, 4.69) is 25.8 Å².